The molecule has 0 amide bonds. The Morgan fingerprint density at radius 3 is 1.65 bits per heavy atom. The second kappa shape index (κ2) is 5.25. The summed E-state index contributed by atoms with van der Waals surface area (Å²) < 4.78 is 10.6. The van der Waals surface area contributed by atoms with Crippen molar-refractivity contribution in [3.05, 3.63) is 58.7 Å². The smallest absolute Gasteiger partial charge is 0.119 e. The molecule has 2 aromatic rings. The zero-order valence-corrected chi connectivity index (χ0v) is 12.4. The van der Waals surface area contributed by atoms with Crippen LogP contribution in [0.1, 0.15) is 22.3 Å². The zero-order chi connectivity index (χ0) is 14.1. The lowest BCUT2D eigenvalue weighted by atomic mass is 10.00. The Labute approximate surface area is 124 Å². The van der Waals surface area contributed by atoms with E-state index in [2.05, 4.69) is 24.3 Å². The monoisotopic (exact) mass is 284 g/mol. The van der Waals surface area contributed by atoms with Gasteiger partial charge in [0.25, 0.3) is 0 Å². The maximum Gasteiger partial charge on any atom is 0.119 e. The quantitative estimate of drug-likeness (QED) is 0.786. The van der Waals surface area contributed by atoms with E-state index in [1.807, 2.05) is 12.1 Å². The van der Waals surface area contributed by atoms with Gasteiger partial charge < -0.3 is 9.47 Å². The number of ether oxygens (including phenoxy) is 2. The van der Waals surface area contributed by atoms with Gasteiger partial charge in [0.15, 0.2) is 0 Å². The molecule has 0 spiro atoms. The maximum absolute atomic E-state index is 5.68. The van der Waals surface area contributed by atoms with Crippen molar-refractivity contribution in [2.75, 3.05) is 14.2 Å². The lowest BCUT2D eigenvalue weighted by molar-refractivity contribution is 0.414. The molecule has 0 saturated heterocycles. The van der Waals surface area contributed by atoms with Crippen LogP contribution < -0.4 is 9.47 Å². The predicted molar refractivity (Wildman–Crippen MR) is 84.2 cm³/mol. The zero-order valence-electron chi connectivity index (χ0n) is 11.6. The van der Waals surface area contributed by atoms with Gasteiger partial charge in [0, 0.05) is 0 Å². The molecule has 2 aromatic carbocycles. The van der Waals surface area contributed by atoms with Crippen LogP contribution in [0.5, 0.6) is 11.5 Å². The third kappa shape index (κ3) is 2.18. The lowest BCUT2D eigenvalue weighted by Crippen LogP contribution is -2.03. The van der Waals surface area contributed by atoms with Gasteiger partial charge >= 0.3 is 0 Å². The van der Waals surface area contributed by atoms with E-state index in [0.29, 0.717) is 0 Å². The van der Waals surface area contributed by atoms with E-state index in [-0.39, 0.29) is 0 Å². The van der Waals surface area contributed by atoms with Crippen molar-refractivity contribution in [1.82, 2.24) is 0 Å². The van der Waals surface area contributed by atoms with Gasteiger partial charge in [0.1, 0.15) is 11.5 Å². The van der Waals surface area contributed by atoms with Crippen LogP contribution in [-0.4, -0.2) is 19.1 Å². The van der Waals surface area contributed by atoms with E-state index in [4.69, 9.17) is 21.7 Å². The molecule has 0 radical (unpaired) electrons. The van der Waals surface area contributed by atoms with Crippen molar-refractivity contribution in [2.45, 2.75) is 12.8 Å². The summed E-state index contributed by atoms with van der Waals surface area (Å²) in [6.45, 7) is 0. The highest BCUT2D eigenvalue weighted by Crippen LogP contribution is 2.29. The first-order valence-corrected chi connectivity index (χ1v) is 7.02. The first kappa shape index (κ1) is 13.1. The lowest BCUT2D eigenvalue weighted by Gasteiger charge is -2.10. The van der Waals surface area contributed by atoms with Crippen molar-refractivity contribution in [3.63, 3.8) is 0 Å². The highest BCUT2D eigenvalue weighted by molar-refractivity contribution is 7.81. The van der Waals surface area contributed by atoms with Gasteiger partial charge in [0.05, 0.1) is 19.1 Å². The van der Waals surface area contributed by atoms with Crippen LogP contribution in [0.25, 0.3) is 0 Å². The molecule has 0 heterocycles. The minimum atomic E-state index is 0.884. The summed E-state index contributed by atoms with van der Waals surface area (Å²) in [7, 11) is 3.38. The van der Waals surface area contributed by atoms with Gasteiger partial charge in [-0.1, -0.05) is 12.2 Å². The van der Waals surface area contributed by atoms with E-state index in [0.717, 1.165) is 40.3 Å². The number of aryl methyl sites for hydroxylation is 2. The molecule has 0 saturated carbocycles. The van der Waals surface area contributed by atoms with Crippen molar-refractivity contribution < 1.29 is 9.47 Å². The van der Waals surface area contributed by atoms with E-state index in [9.17, 15) is 0 Å². The molecule has 20 heavy (non-hydrogen) atoms. The van der Waals surface area contributed by atoms with E-state index in [1.54, 1.807) is 14.2 Å². The van der Waals surface area contributed by atoms with Gasteiger partial charge in [-0.05, 0) is 71.5 Å². The molecular weight excluding hydrogens is 268 g/mol. The fourth-order valence-electron chi connectivity index (χ4n) is 2.67. The molecule has 0 atom stereocenters. The average molecular weight is 284 g/mol. The minimum Gasteiger partial charge on any atom is -0.497 e. The van der Waals surface area contributed by atoms with Crippen LogP contribution in [-0.2, 0) is 12.8 Å². The molecule has 0 aliphatic heterocycles. The highest BCUT2D eigenvalue weighted by atomic mass is 32.1. The van der Waals surface area contributed by atoms with E-state index in [1.165, 1.54) is 11.1 Å². The van der Waals surface area contributed by atoms with Crippen molar-refractivity contribution in [2.24, 2.45) is 0 Å². The van der Waals surface area contributed by atoms with Gasteiger partial charge in [0.2, 0.25) is 0 Å². The molecule has 0 unspecified atom stereocenters. The Balaban J connectivity index is 2.09. The molecular formula is C17H16O2S. The molecule has 0 aromatic heterocycles. The highest BCUT2D eigenvalue weighted by Gasteiger charge is 2.19. The van der Waals surface area contributed by atoms with Crippen molar-refractivity contribution in [3.8, 4) is 11.5 Å². The molecule has 0 N–H and O–H groups in total. The Hall–Kier alpha value is -1.87. The topological polar surface area (TPSA) is 18.5 Å². The number of hydrogen-bond acceptors (Lipinski definition) is 3. The second-order valence-corrected chi connectivity index (χ2v) is 5.28. The average Bonchev–Trinajstić information content (AvgIpc) is 2.64. The Bertz CT molecular complexity index is 619. The Morgan fingerprint density at radius 1 is 0.800 bits per heavy atom. The summed E-state index contributed by atoms with van der Waals surface area (Å²) >= 11 is 5.68. The number of hydrogen-bond donors (Lipinski definition) is 0. The van der Waals surface area contributed by atoms with Gasteiger partial charge in [-0.25, -0.2) is 0 Å². The van der Waals surface area contributed by atoms with Crippen molar-refractivity contribution >= 4 is 17.1 Å². The number of rotatable bonds is 2. The molecule has 102 valence electrons. The molecule has 3 heteroatoms. The molecule has 0 fully saturated rings. The van der Waals surface area contributed by atoms with Gasteiger partial charge in [-0.2, -0.15) is 0 Å². The van der Waals surface area contributed by atoms with Gasteiger partial charge in [-0.15, -0.1) is 0 Å². The first-order chi connectivity index (χ1) is 9.72. The van der Waals surface area contributed by atoms with E-state index < -0.39 is 0 Å². The second-order valence-electron chi connectivity index (χ2n) is 4.88. The Kier molecular flexibility index (Phi) is 3.45. The fourth-order valence-corrected chi connectivity index (χ4v) is 3.06. The van der Waals surface area contributed by atoms with Crippen LogP contribution >= 0.6 is 12.2 Å². The summed E-state index contributed by atoms with van der Waals surface area (Å²) in [4.78, 5) is 0.915. The molecule has 1 aliphatic rings. The van der Waals surface area contributed by atoms with Crippen LogP contribution in [0.3, 0.4) is 0 Å². The Morgan fingerprint density at radius 2 is 1.25 bits per heavy atom. The van der Waals surface area contributed by atoms with E-state index >= 15 is 0 Å². The van der Waals surface area contributed by atoms with Crippen LogP contribution in [0.2, 0.25) is 0 Å². The number of benzene rings is 2. The summed E-state index contributed by atoms with van der Waals surface area (Å²) in [5.41, 5.74) is 4.79. The largest absolute Gasteiger partial charge is 0.497 e. The van der Waals surface area contributed by atoms with Crippen LogP contribution in [0.15, 0.2) is 36.4 Å². The summed E-state index contributed by atoms with van der Waals surface area (Å²) in [5.74, 6) is 1.77. The number of thiocarbonyl (C=S) groups is 1. The van der Waals surface area contributed by atoms with Crippen LogP contribution in [0.4, 0.5) is 0 Å². The normalized spacial score (nSPS) is 13.2. The molecule has 2 nitrogen and oxygen atoms in total. The number of fused-ring (bicyclic) bond motifs is 2. The molecule has 0 bridgehead atoms. The third-order valence-electron chi connectivity index (χ3n) is 3.78. The molecule has 3 rings (SSSR count). The molecule has 1 aliphatic carbocycles. The first-order valence-electron chi connectivity index (χ1n) is 6.61. The predicted octanol–water partition coefficient (Wildman–Crippen LogP) is 3.57. The minimum absolute atomic E-state index is 0.884. The summed E-state index contributed by atoms with van der Waals surface area (Å²) in [6, 6.07) is 12.3. The third-order valence-corrected chi connectivity index (χ3v) is 4.22. The summed E-state index contributed by atoms with van der Waals surface area (Å²) in [6.07, 6.45) is 1.93. The number of methoxy groups -OCH3 is 2. The van der Waals surface area contributed by atoms with Gasteiger partial charge in [-0.3, -0.25) is 0 Å². The standard InChI is InChI=1S/C17H16O2S/c1-18-13-5-7-15-11(9-13)3-4-12-10-14(19-2)6-8-16(12)17(15)20/h5-10H,3-4H2,1-2H3. The maximum atomic E-state index is 5.68. The van der Waals surface area contributed by atoms with Crippen molar-refractivity contribution in [1.29, 1.82) is 0 Å². The fraction of sp³-hybridized carbons (Fsp3) is 0.235. The summed E-state index contributed by atoms with van der Waals surface area (Å²) in [5, 5.41) is 0. The van der Waals surface area contributed by atoms with Crippen LogP contribution in [0, 0.1) is 0 Å². The SMILES string of the molecule is COc1ccc2c(c1)CCc1cc(OC)ccc1C2=S.